The first-order valence-corrected chi connectivity index (χ1v) is 8.30. The molecule has 3 nitrogen and oxygen atoms in total. The summed E-state index contributed by atoms with van der Waals surface area (Å²) in [5.74, 6) is 0.182. The van der Waals surface area contributed by atoms with Crippen LogP contribution in [0.25, 0.3) is 0 Å². The van der Waals surface area contributed by atoms with E-state index >= 15 is 0 Å². The standard InChI is InChI=1S/C18H26N2O/c1-2-14-5-7-15(8-6-14)13-20(16-9-10-16)17(21)18(19)11-3-4-12-18/h5-8,16H,2-4,9-13,19H2,1H3. The number of nitrogens with zero attached hydrogens (tertiary/aromatic N) is 1. The first-order valence-electron chi connectivity index (χ1n) is 8.30. The predicted molar refractivity (Wildman–Crippen MR) is 84.8 cm³/mol. The second-order valence-corrected chi connectivity index (χ2v) is 6.70. The molecule has 2 aliphatic carbocycles. The molecule has 2 N–H and O–H groups in total. The highest BCUT2D eigenvalue weighted by atomic mass is 16.2. The Balaban J connectivity index is 1.73. The Hall–Kier alpha value is -1.35. The summed E-state index contributed by atoms with van der Waals surface area (Å²) in [6.07, 6.45) is 7.20. The van der Waals surface area contributed by atoms with E-state index in [4.69, 9.17) is 5.73 Å². The topological polar surface area (TPSA) is 46.3 Å². The molecule has 3 rings (SSSR count). The van der Waals surface area contributed by atoms with E-state index in [1.54, 1.807) is 0 Å². The summed E-state index contributed by atoms with van der Waals surface area (Å²) >= 11 is 0. The van der Waals surface area contributed by atoms with Gasteiger partial charge in [0, 0.05) is 12.6 Å². The molecular formula is C18H26N2O. The number of hydrogen-bond donors (Lipinski definition) is 1. The van der Waals surface area contributed by atoms with Crippen LogP contribution in [0.2, 0.25) is 0 Å². The zero-order chi connectivity index (χ0) is 14.9. The number of carbonyl (C=O) groups excluding carboxylic acids is 1. The molecule has 0 bridgehead atoms. The van der Waals surface area contributed by atoms with Gasteiger partial charge >= 0.3 is 0 Å². The highest BCUT2D eigenvalue weighted by Crippen LogP contribution is 2.35. The molecule has 0 radical (unpaired) electrons. The number of hydrogen-bond acceptors (Lipinski definition) is 2. The summed E-state index contributed by atoms with van der Waals surface area (Å²) in [5, 5.41) is 0. The SMILES string of the molecule is CCc1ccc(CN(C(=O)C2(N)CCCC2)C2CC2)cc1. The molecule has 0 heterocycles. The van der Waals surface area contributed by atoms with Crippen molar-refractivity contribution >= 4 is 5.91 Å². The largest absolute Gasteiger partial charge is 0.334 e. The van der Waals surface area contributed by atoms with E-state index in [0.29, 0.717) is 12.6 Å². The number of benzene rings is 1. The van der Waals surface area contributed by atoms with Crippen LogP contribution in [0.15, 0.2) is 24.3 Å². The third-order valence-corrected chi connectivity index (χ3v) is 4.95. The Morgan fingerprint density at radius 3 is 2.29 bits per heavy atom. The number of aryl methyl sites for hydroxylation is 1. The van der Waals surface area contributed by atoms with Gasteiger partial charge in [0.25, 0.3) is 0 Å². The van der Waals surface area contributed by atoms with Gasteiger partial charge in [-0.2, -0.15) is 0 Å². The lowest BCUT2D eigenvalue weighted by Crippen LogP contribution is -2.54. The summed E-state index contributed by atoms with van der Waals surface area (Å²) in [6, 6.07) is 9.06. The van der Waals surface area contributed by atoms with Gasteiger partial charge in [-0.15, -0.1) is 0 Å². The first-order chi connectivity index (χ1) is 10.1. The van der Waals surface area contributed by atoms with Crippen molar-refractivity contribution in [2.45, 2.75) is 70.0 Å². The van der Waals surface area contributed by atoms with Crippen molar-refractivity contribution in [3.63, 3.8) is 0 Å². The van der Waals surface area contributed by atoms with Crippen molar-refractivity contribution in [3.05, 3.63) is 35.4 Å². The molecule has 2 aliphatic rings. The maximum absolute atomic E-state index is 12.9. The van der Waals surface area contributed by atoms with Crippen molar-refractivity contribution in [1.82, 2.24) is 4.90 Å². The van der Waals surface area contributed by atoms with Gasteiger partial charge in [-0.05, 0) is 43.2 Å². The fraction of sp³-hybridized carbons (Fsp3) is 0.611. The molecule has 21 heavy (non-hydrogen) atoms. The molecule has 0 saturated heterocycles. The van der Waals surface area contributed by atoms with E-state index in [1.807, 2.05) is 4.90 Å². The average molecular weight is 286 g/mol. The van der Waals surface area contributed by atoms with E-state index in [0.717, 1.165) is 44.9 Å². The fourth-order valence-corrected chi connectivity index (χ4v) is 3.34. The molecule has 1 aromatic carbocycles. The molecule has 0 aromatic heterocycles. The minimum atomic E-state index is -0.591. The Bertz CT molecular complexity index is 498. The maximum atomic E-state index is 12.9. The van der Waals surface area contributed by atoms with Gasteiger partial charge in [-0.25, -0.2) is 0 Å². The summed E-state index contributed by atoms with van der Waals surface area (Å²) in [7, 11) is 0. The molecule has 2 fully saturated rings. The van der Waals surface area contributed by atoms with E-state index in [9.17, 15) is 4.79 Å². The van der Waals surface area contributed by atoms with Crippen LogP contribution in [0.3, 0.4) is 0 Å². The highest BCUT2D eigenvalue weighted by Gasteiger charge is 2.44. The minimum Gasteiger partial charge on any atom is -0.334 e. The van der Waals surface area contributed by atoms with Crippen LogP contribution in [-0.2, 0) is 17.8 Å². The van der Waals surface area contributed by atoms with Crippen molar-refractivity contribution in [1.29, 1.82) is 0 Å². The van der Waals surface area contributed by atoms with Crippen LogP contribution in [0.1, 0.15) is 56.6 Å². The average Bonchev–Trinajstić information content (AvgIpc) is 3.26. The van der Waals surface area contributed by atoms with Gasteiger partial charge in [0.15, 0.2) is 0 Å². The molecule has 3 heteroatoms. The molecule has 0 unspecified atom stereocenters. The molecule has 2 saturated carbocycles. The molecule has 114 valence electrons. The number of rotatable bonds is 5. The molecule has 1 amide bonds. The van der Waals surface area contributed by atoms with Crippen LogP contribution in [-0.4, -0.2) is 22.4 Å². The zero-order valence-corrected chi connectivity index (χ0v) is 13.0. The highest BCUT2D eigenvalue weighted by molar-refractivity contribution is 5.87. The van der Waals surface area contributed by atoms with Crippen LogP contribution in [0.4, 0.5) is 0 Å². The Labute approximate surface area is 127 Å². The van der Waals surface area contributed by atoms with Crippen LogP contribution >= 0.6 is 0 Å². The molecule has 0 aliphatic heterocycles. The zero-order valence-electron chi connectivity index (χ0n) is 13.0. The van der Waals surface area contributed by atoms with Gasteiger partial charge in [0.2, 0.25) is 5.91 Å². The maximum Gasteiger partial charge on any atom is 0.243 e. The third-order valence-electron chi connectivity index (χ3n) is 4.95. The van der Waals surface area contributed by atoms with Crippen molar-refractivity contribution < 1.29 is 4.79 Å². The van der Waals surface area contributed by atoms with Crippen molar-refractivity contribution in [3.8, 4) is 0 Å². The van der Waals surface area contributed by atoms with E-state index in [2.05, 4.69) is 31.2 Å². The summed E-state index contributed by atoms with van der Waals surface area (Å²) in [6.45, 7) is 2.87. The predicted octanol–water partition coefficient (Wildman–Crippen LogP) is 3.01. The third kappa shape index (κ3) is 3.13. The van der Waals surface area contributed by atoms with E-state index in [1.165, 1.54) is 11.1 Å². The molecule has 1 aromatic rings. The first kappa shape index (κ1) is 14.6. The summed E-state index contributed by atoms with van der Waals surface area (Å²) in [4.78, 5) is 14.9. The normalized spacial score (nSPS) is 20.5. The van der Waals surface area contributed by atoms with Gasteiger partial charge in [0.05, 0.1) is 5.54 Å². The minimum absolute atomic E-state index is 0.182. The van der Waals surface area contributed by atoms with Gasteiger partial charge < -0.3 is 10.6 Å². The van der Waals surface area contributed by atoms with Crippen LogP contribution < -0.4 is 5.73 Å². The van der Waals surface area contributed by atoms with E-state index in [-0.39, 0.29) is 5.91 Å². The lowest BCUT2D eigenvalue weighted by Gasteiger charge is -2.32. The number of nitrogens with two attached hydrogens (primary N) is 1. The lowest BCUT2D eigenvalue weighted by molar-refractivity contribution is -0.138. The summed E-state index contributed by atoms with van der Waals surface area (Å²) < 4.78 is 0. The van der Waals surface area contributed by atoms with Crippen LogP contribution in [0.5, 0.6) is 0 Å². The second kappa shape index (κ2) is 5.80. The summed E-state index contributed by atoms with van der Waals surface area (Å²) in [5.41, 5.74) is 8.34. The molecule has 0 atom stereocenters. The van der Waals surface area contributed by atoms with Crippen molar-refractivity contribution in [2.75, 3.05) is 0 Å². The Kier molecular flexibility index (Phi) is 4.03. The van der Waals surface area contributed by atoms with Gasteiger partial charge in [0.1, 0.15) is 0 Å². The van der Waals surface area contributed by atoms with E-state index < -0.39 is 5.54 Å². The lowest BCUT2D eigenvalue weighted by atomic mass is 9.96. The van der Waals surface area contributed by atoms with Gasteiger partial charge in [-0.1, -0.05) is 44.0 Å². The molecule has 0 spiro atoms. The second-order valence-electron chi connectivity index (χ2n) is 6.70. The Morgan fingerprint density at radius 1 is 1.19 bits per heavy atom. The van der Waals surface area contributed by atoms with Gasteiger partial charge in [-0.3, -0.25) is 4.79 Å². The quantitative estimate of drug-likeness (QED) is 0.904. The fourth-order valence-electron chi connectivity index (χ4n) is 3.34. The number of carbonyl (C=O) groups is 1. The Morgan fingerprint density at radius 2 is 1.76 bits per heavy atom. The smallest absolute Gasteiger partial charge is 0.243 e. The molecular weight excluding hydrogens is 260 g/mol. The number of amides is 1. The monoisotopic (exact) mass is 286 g/mol. The van der Waals surface area contributed by atoms with Crippen LogP contribution in [0, 0.1) is 0 Å². The van der Waals surface area contributed by atoms with Crippen molar-refractivity contribution in [2.24, 2.45) is 5.73 Å².